The van der Waals surface area contributed by atoms with Crippen LogP contribution in [0, 0.1) is 0 Å². The first-order chi connectivity index (χ1) is 8.50. The van der Waals surface area contributed by atoms with Crippen LogP contribution in [0.4, 0.5) is 0 Å². The fourth-order valence-corrected chi connectivity index (χ4v) is 1.92. The molecule has 0 saturated heterocycles. The van der Waals surface area contributed by atoms with Gasteiger partial charge < -0.3 is 10.1 Å². The Hall–Kier alpha value is -1.78. The number of carboxylic acid groups (broad SMARTS) is 1. The van der Waals surface area contributed by atoms with Crippen LogP contribution in [0.2, 0.25) is 10.0 Å². The normalized spacial score (nSPS) is 10.3. The number of nitrogens with one attached hydrogen (secondary N) is 1. The van der Waals surface area contributed by atoms with Gasteiger partial charge in [-0.25, -0.2) is 4.79 Å². The van der Waals surface area contributed by atoms with E-state index in [2.05, 4.69) is 4.98 Å². The van der Waals surface area contributed by atoms with Crippen molar-refractivity contribution in [2.45, 2.75) is 0 Å². The number of aromatic nitrogens is 1. The summed E-state index contributed by atoms with van der Waals surface area (Å²) in [5.41, 5.74) is 0.0239. The number of aromatic carboxylic acids is 1. The number of rotatable bonds is 2. The summed E-state index contributed by atoms with van der Waals surface area (Å²) in [6.45, 7) is 0. The van der Waals surface area contributed by atoms with E-state index in [4.69, 9.17) is 28.3 Å². The Balaban J connectivity index is 2.62. The molecule has 4 nitrogen and oxygen atoms in total. The van der Waals surface area contributed by atoms with E-state index in [0.717, 1.165) is 0 Å². The van der Waals surface area contributed by atoms with Gasteiger partial charge in [-0.1, -0.05) is 35.3 Å². The van der Waals surface area contributed by atoms with Crippen molar-refractivity contribution < 1.29 is 9.90 Å². The molecule has 2 aromatic rings. The van der Waals surface area contributed by atoms with E-state index in [1.165, 1.54) is 12.1 Å². The summed E-state index contributed by atoms with van der Waals surface area (Å²) < 4.78 is 0. The Labute approximate surface area is 112 Å². The molecule has 1 heterocycles. The van der Waals surface area contributed by atoms with Gasteiger partial charge in [-0.05, 0) is 18.2 Å². The molecule has 6 heteroatoms. The lowest BCUT2D eigenvalue weighted by molar-refractivity contribution is 0.0690. The van der Waals surface area contributed by atoms with Crippen molar-refractivity contribution in [3.8, 4) is 11.1 Å². The quantitative estimate of drug-likeness (QED) is 0.890. The summed E-state index contributed by atoms with van der Waals surface area (Å²) >= 11 is 11.9. The van der Waals surface area contributed by atoms with E-state index in [1.54, 1.807) is 18.2 Å². The minimum Gasteiger partial charge on any atom is -0.477 e. The number of carboxylic acids is 1. The standard InChI is InChI=1S/C12H7Cl2NO3/c13-8-3-1-2-6(10(8)14)7-4-5-9(12(17)18)15-11(7)16/h1-5H,(H,15,16)(H,17,18). The summed E-state index contributed by atoms with van der Waals surface area (Å²) in [6, 6.07) is 7.61. The van der Waals surface area contributed by atoms with E-state index in [9.17, 15) is 9.59 Å². The molecule has 0 amide bonds. The molecular formula is C12H7Cl2NO3. The molecule has 0 radical (unpaired) electrons. The lowest BCUT2D eigenvalue weighted by Crippen LogP contribution is -2.14. The van der Waals surface area contributed by atoms with Gasteiger partial charge in [0.1, 0.15) is 5.69 Å². The van der Waals surface area contributed by atoms with Crippen molar-refractivity contribution in [3.63, 3.8) is 0 Å². The average Bonchev–Trinajstić information content (AvgIpc) is 2.33. The highest BCUT2D eigenvalue weighted by molar-refractivity contribution is 6.43. The van der Waals surface area contributed by atoms with Crippen LogP contribution in [0.1, 0.15) is 10.5 Å². The number of benzene rings is 1. The molecule has 0 spiro atoms. The van der Waals surface area contributed by atoms with Crippen LogP contribution in [0.3, 0.4) is 0 Å². The van der Waals surface area contributed by atoms with Gasteiger partial charge in [-0.3, -0.25) is 4.79 Å². The van der Waals surface area contributed by atoms with Crippen molar-refractivity contribution in [2.75, 3.05) is 0 Å². The van der Waals surface area contributed by atoms with Gasteiger partial charge in [0.15, 0.2) is 0 Å². The molecule has 92 valence electrons. The molecule has 0 atom stereocenters. The highest BCUT2D eigenvalue weighted by Gasteiger charge is 2.12. The molecule has 1 aromatic heterocycles. The SMILES string of the molecule is O=C(O)c1ccc(-c2cccc(Cl)c2Cl)c(=O)[nH]1. The first kappa shape index (κ1) is 12.7. The van der Waals surface area contributed by atoms with Crippen LogP contribution in [-0.2, 0) is 0 Å². The summed E-state index contributed by atoms with van der Waals surface area (Å²) in [5, 5.41) is 9.34. The largest absolute Gasteiger partial charge is 0.477 e. The molecule has 2 rings (SSSR count). The third kappa shape index (κ3) is 2.25. The van der Waals surface area contributed by atoms with Gasteiger partial charge in [0.05, 0.1) is 10.0 Å². The second kappa shape index (κ2) is 4.84. The van der Waals surface area contributed by atoms with Crippen LogP contribution in [0.15, 0.2) is 35.1 Å². The Bertz CT molecular complexity index is 679. The molecular weight excluding hydrogens is 277 g/mol. The summed E-state index contributed by atoms with van der Waals surface area (Å²) in [4.78, 5) is 24.8. The Kier molecular flexibility index (Phi) is 3.41. The zero-order chi connectivity index (χ0) is 13.3. The van der Waals surface area contributed by atoms with Crippen LogP contribution in [0.5, 0.6) is 0 Å². The minimum absolute atomic E-state index is 0.179. The first-order valence-electron chi connectivity index (χ1n) is 4.91. The summed E-state index contributed by atoms with van der Waals surface area (Å²) in [5.74, 6) is -1.20. The first-order valence-corrected chi connectivity index (χ1v) is 5.67. The van der Waals surface area contributed by atoms with Crippen molar-refractivity contribution >= 4 is 29.2 Å². The smallest absolute Gasteiger partial charge is 0.352 e. The number of halogens is 2. The topological polar surface area (TPSA) is 70.2 Å². The number of carbonyl (C=O) groups is 1. The number of H-pyrrole nitrogens is 1. The highest BCUT2D eigenvalue weighted by Crippen LogP contribution is 2.31. The lowest BCUT2D eigenvalue weighted by Gasteiger charge is -2.05. The molecule has 2 N–H and O–H groups in total. The number of hydrogen-bond donors (Lipinski definition) is 2. The van der Waals surface area contributed by atoms with Gasteiger partial charge in [0.2, 0.25) is 0 Å². The van der Waals surface area contributed by atoms with Gasteiger partial charge >= 0.3 is 5.97 Å². The van der Waals surface area contributed by atoms with E-state index in [0.29, 0.717) is 10.6 Å². The van der Waals surface area contributed by atoms with E-state index in [-0.39, 0.29) is 16.3 Å². The summed E-state index contributed by atoms with van der Waals surface area (Å²) in [6.07, 6.45) is 0. The Morgan fingerprint density at radius 3 is 2.44 bits per heavy atom. The minimum atomic E-state index is -1.20. The summed E-state index contributed by atoms with van der Waals surface area (Å²) in [7, 11) is 0. The Morgan fingerprint density at radius 1 is 1.11 bits per heavy atom. The van der Waals surface area contributed by atoms with Gasteiger partial charge in [-0.2, -0.15) is 0 Å². The second-order valence-electron chi connectivity index (χ2n) is 3.52. The molecule has 0 saturated carbocycles. The second-order valence-corrected chi connectivity index (χ2v) is 4.31. The van der Waals surface area contributed by atoms with Crippen LogP contribution in [0.25, 0.3) is 11.1 Å². The molecule has 1 aromatic carbocycles. The maximum atomic E-state index is 11.8. The number of hydrogen-bond acceptors (Lipinski definition) is 2. The van der Waals surface area contributed by atoms with Crippen molar-refractivity contribution in [1.29, 1.82) is 0 Å². The van der Waals surface area contributed by atoms with Crippen LogP contribution < -0.4 is 5.56 Å². The number of aromatic amines is 1. The fourth-order valence-electron chi connectivity index (χ4n) is 1.52. The van der Waals surface area contributed by atoms with Crippen LogP contribution >= 0.6 is 23.2 Å². The monoisotopic (exact) mass is 283 g/mol. The molecule has 0 bridgehead atoms. The fraction of sp³-hybridized carbons (Fsp3) is 0. The third-order valence-electron chi connectivity index (χ3n) is 2.38. The maximum absolute atomic E-state index is 11.8. The highest BCUT2D eigenvalue weighted by atomic mass is 35.5. The third-order valence-corrected chi connectivity index (χ3v) is 3.20. The average molecular weight is 284 g/mol. The van der Waals surface area contributed by atoms with E-state index in [1.807, 2.05) is 0 Å². The number of pyridine rings is 1. The molecule has 0 fully saturated rings. The molecule has 0 unspecified atom stereocenters. The van der Waals surface area contributed by atoms with Gasteiger partial charge in [-0.15, -0.1) is 0 Å². The lowest BCUT2D eigenvalue weighted by atomic mass is 10.1. The van der Waals surface area contributed by atoms with Crippen molar-refractivity contribution in [3.05, 3.63) is 56.4 Å². The predicted molar refractivity (Wildman–Crippen MR) is 69.5 cm³/mol. The zero-order valence-electron chi connectivity index (χ0n) is 8.91. The molecule has 0 aliphatic rings. The molecule has 18 heavy (non-hydrogen) atoms. The molecule has 0 aliphatic carbocycles. The van der Waals surface area contributed by atoms with E-state index < -0.39 is 11.5 Å². The van der Waals surface area contributed by atoms with Gasteiger partial charge in [0.25, 0.3) is 5.56 Å². The molecule has 0 aliphatic heterocycles. The van der Waals surface area contributed by atoms with Crippen LogP contribution in [-0.4, -0.2) is 16.1 Å². The maximum Gasteiger partial charge on any atom is 0.352 e. The van der Waals surface area contributed by atoms with Gasteiger partial charge in [0, 0.05) is 11.1 Å². The predicted octanol–water partition coefficient (Wildman–Crippen LogP) is 3.05. The Morgan fingerprint density at radius 2 is 1.83 bits per heavy atom. The van der Waals surface area contributed by atoms with Crippen molar-refractivity contribution in [1.82, 2.24) is 4.98 Å². The van der Waals surface area contributed by atoms with E-state index >= 15 is 0 Å². The zero-order valence-corrected chi connectivity index (χ0v) is 10.4. The van der Waals surface area contributed by atoms with Crippen molar-refractivity contribution in [2.24, 2.45) is 0 Å².